The minimum atomic E-state index is -4.62. The molecule has 0 fully saturated rings. The molecule has 116 valence electrons. The maximum atomic E-state index is 12.9. The number of hydrogen-bond donors (Lipinski definition) is 0. The van der Waals surface area contributed by atoms with E-state index in [9.17, 15) is 18.0 Å². The van der Waals surface area contributed by atoms with E-state index in [4.69, 9.17) is 0 Å². The molecule has 2 aromatic rings. The average molecular weight is 309 g/mol. The van der Waals surface area contributed by atoms with Crippen LogP contribution in [0.25, 0.3) is 0 Å². The standard InChI is InChI=1S/C15H14F3N3O/c1-10-2-4-11(5-3-10)8-20-6-7-21-14(20)12(9-22)13(19-21)15(16,17)18/h2-5,9H,6-8H2,1H3. The first-order valence-corrected chi connectivity index (χ1v) is 6.84. The van der Waals surface area contributed by atoms with Crippen LogP contribution in [0, 0.1) is 6.92 Å². The van der Waals surface area contributed by atoms with Crippen molar-refractivity contribution in [3.8, 4) is 0 Å². The van der Waals surface area contributed by atoms with Gasteiger partial charge in [-0.15, -0.1) is 0 Å². The Morgan fingerprint density at radius 3 is 2.50 bits per heavy atom. The summed E-state index contributed by atoms with van der Waals surface area (Å²) in [5.41, 5.74) is 0.608. The molecule has 1 aliphatic heterocycles. The predicted octanol–water partition coefficient (Wildman–Crippen LogP) is 3.04. The Morgan fingerprint density at radius 2 is 1.91 bits per heavy atom. The van der Waals surface area contributed by atoms with Crippen molar-refractivity contribution in [1.29, 1.82) is 0 Å². The molecule has 1 aromatic carbocycles. The maximum Gasteiger partial charge on any atom is 0.435 e. The van der Waals surface area contributed by atoms with Crippen LogP contribution in [0.3, 0.4) is 0 Å². The number of aldehydes is 1. The Bertz CT molecular complexity index is 704. The molecular weight excluding hydrogens is 295 g/mol. The minimum Gasteiger partial charge on any atom is -0.350 e. The monoisotopic (exact) mass is 309 g/mol. The zero-order valence-corrected chi connectivity index (χ0v) is 11.9. The van der Waals surface area contributed by atoms with E-state index in [1.54, 1.807) is 4.90 Å². The maximum absolute atomic E-state index is 12.9. The number of anilines is 1. The van der Waals surface area contributed by atoms with E-state index in [-0.39, 0.29) is 17.7 Å². The molecule has 0 aliphatic carbocycles. The Labute approximate surface area is 125 Å². The highest BCUT2D eigenvalue weighted by atomic mass is 19.4. The highest BCUT2D eigenvalue weighted by Crippen LogP contribution is 2.37. The van der Waals surface area contributed by atoms with E-state index in [1.165, 1.54) is 4.68 Å². The largest absolute Gasteiger partial charge is 0.435 e. The molecular formula is C15H14F3N3O. The molecule has 1 aliphatic rings. The second-order valence-electron chi connectivity index (χ2n) is 5.33. The number of benzene rings is 1. The van der Waals surface area contributed by atoms with Gasteiger partial charge in [-0.2, -0.15) is 18.3 Å². The Morgan fingerprint density at radius 1 is 1.23 bits per heavy atom. The highest BCUT2D eigenvalue weighted by Gasteiger charge is 2.41. The van der Waals surface area contributed by atoms with Crippen molar-refractivity contribution < 1.29 is 18.0 Å². The second kappa shape index (κ2) is 5.15. The minimum absolute atomic E-state index is 0.245. The molecule has 1 aromatic heterocycles. The number of hydrogen-bond acceptors (Lipinski definition) is 3. The summed E-state index contributed by atoms with van der Waals surface area (Å²) in [4.78, 5) is 12.9. The van der Waals surface area contributed by atoms with Gasteiger partial charge >= 0.3 is 6.18 Å². The number of aryl methyl sites for hydroxylation is 1. The van der Waals surface area contributed by atoms with Crippen LogP contribution in [-0.2, 0) is 19.3 Å². The number of alkyl halides is 3. The average Bonchev–Trinajstić information content (AvgIpc) is 3.00. The van der Waals surface area contributed by atoms with E-state index in [2.05, 4.69) is 5.10 Å². The summed E-state index contributed by atoms with van der Waals surface area (Å²) in [7, 11) is 0. The zero-order valence-electron chi connectivity index (χ0n) is 11.9. The highest BCUT2D eigenvalue weighted by molar-refractivity contribution is 5.85. The molecule has 3 rings (SSSR count). The first-order valence-electron chi connectivity index (χ1n) is 6.84. The van der Waals surface area contributed by atoms with Crippen molar-refractivity contribution in [3.63, 3.8) is 0 Å². The third-order valence-electron chi connectivity index (χ3n) is 3.72. The van der Waals surface area contributed by atoms with Gasteiger partial charge in [0.15, 0.2) is 12.0 Å². The van der Waals surface area contributed by atoms with Crippen LogP contribution in [0.5, 0.6) is 0 Å². The second-order valence-corrected chi connectivity index (χ2v) is 5.33. The van der Waals surface area contributed by atoms with Crippen LogP contribution in [0.4, 0.5) is 19.0 Å². The number of halogens is 3. The smallest absolute Gasteiger partial charge is 0.350 e. The van der Waals surface area contributed by atoms with Gasteiger partial charge in [0.1, 0.15) is 5.82 Å². The molecule has 7 heteroatoms. The van der Waals surface area contributed by atoms with Gasteiger partial charge in [0.2, 0.25) is 0 Å². The molecule has 0 unspecified atom stereocenters. The molecule has 0 spiro atoms. The van der Waals surface area contributed by atoms with Crippen molar-refractivity contribution in [2.24, 2.45) is 0 Å². The molecule has 0 atom stereocenters. The summed E-state index contributed by atoms with van der Waals surface area (Å²) in [6.45, 7) is 3.30. The summed E-state index contributed by atoms with van der Waals surface area (Å²) in [6, 6.07) is 7.76. The van der Waals surface area contributed by atoms with Crippen molar-refractivity contribution in [3.05, 3.63) is 46.6 Å². The molecule has 0 bridgehead atoms. The third-order valence-corrected chi connectivity index (χ3v) is 3.72. The van der Waals surface area contributed by atoms with Gasteiger partial charge in [0, 0.05) is 13.1 Å². The first-order chi connectivity index (χ1) is 10.4. The van der Waals surface area contributed by atoms with E-state index in [0.717, 1.165) is 11.1 Å². The lowest BCUT2D eigenvalue weighted by atomic mass is 10.1. The zero-order chi connectivity index (χ0) is 15.9. The molecule has 22 heavy (non-hydrogen) atoms. The fourth-order valence-corrected chi connectivity index (χ4v) is 2.66. The molecule has 0 saturated heterocycles. The van der Waals surface area contributed by atoms with Crippen LogP contribution in [0.2, 0.25) is 0 Å². The first kappa shape index (κ1) is 14.6. The normalized spacial score (nSPS) is 14.3. The summed E-state index contributed by atoms with van der Waals surface area (Å²) >= 11 is 0. The van der Waals surface area contributed by atoms with E-state index < -0.39 is 11.9 Å². The van der Waals surface area contributed by atoms with E-state index >= 15 is 0 Å². The predicted molar refractivity (Wildman–Crippen MR) is 74.8 cm³/mol. The van der Waals surface area contributed by atoms with E-state index in [1.807, 2.05) is 31.2 Å². The Hall–Kier alpha value is -2.31. The lowest BCUT2D eigenvalue weighted by Gasteiger charge is -2.18. The number of carbonyl (C=O) groups excluding carboxylic acids is 1. The van der Waals surface area contributed by atoms with Crippen LogP contribution in [0.1, 0.15) is 27.2 Å². The summed E-state index contributed by atoms with van der Waals surface area (Å²) in [5.74, 6) is 0.253. The SMILES string of the molecule is Cc1ccc(CN2CCn3nc(C(F)(F)F)c(C=O)c32)cc1. The van der Waals surface area contributed by atoms with Gasteiger partial charge < -0.3 is 4.90 Å². The van der Waals surface area contributed by atoms with Crippen LogP contribution in [-0.4, -0.2) is 22.6 Å². The fraction of sp³-hybridized carbons (Fsp3) is 0.333. The Balaban J connectivity index is 1.95. The number of fused-ring (bicyclic) bond motifs is 1. The van der Waals surface area contributed by atoms with Crippen LogP contribution < -0.4 is 4.90 Å². The van der Waals surface area contributed by atoms with Gasteiger partial charge in [-0.05, 0) is 12.5 Å². The van der Waals surface area contributed by atoms with Gasteiger partial charge in [-0.3, -0.25) is 4.79 Å². The Kier molecular flexibility index (Phi) is 3.42. The lowest BCUT2D eigenvalue weighted by Crippen LogP contribution is -2.21. The number of nitrogens with zero attached hydrogens (tertiary/aromatic N) is 3. The number of rotatable bonds is 3. The summed E-state index contributed by atoms with van der Waals surface area (Å²) in [6.07, 6.45) is -4.38. The quantitative estimate of drug-likeness (QED) is 0.818. The van der Waals surface area contributed by atoms with Crippen LogP contribution >= 0.6 is 0 Å². The number of carbonyl (C=O) groups is 1. The lowest BCUT2D eigenvalue weighted by molar-refractivity contribution is -0.141. The third kappa shape index (κ3) is 2.47. The van der Waals surface area contributed by atoms with Gasteiger partial charge in [0.25, 0.3) is 0 Å². The van der Waals surface area contributed by atoms with Gasteiger partial charge in [-0.25, -0.2) is 4.68 Å². The van der Waals surface area contributed by atoms with Crippen LogP contribution in [0.15, 0.2) is 24.3 Å². The van der Waals surface area contributed by atoms with E-state index in [0.29, 0.717) is 19.6 Å². The van der Waals surface area contributed by atoms with Crippen molar-refractivity contribution in [1.82, 2.24) is 9.78 Å². The summed E-state index contributed by atoms with van der Waals surface area (Å²) in [5, 5.41) is 3.56. The molecule has 0 saturated carbocycles. The van der Waals surface area contributed by atoms with Crippen molar-refractivity contribution in [2.45, 2.75) is 26.2 Å². The molecule has 4 nitrogen and oxygen atoms in total. The fourth-order valence-electron chi connectivity index (χ4n) is 2.66. The van der Waals surface area contributed by atoms with Crippen molar-refractivity contribution in [2.75, 3.05) is 11.4 Å². The van der Waals surface area contributed by atoms with Gasteiger partial charge in [0.05, 0.1) is 12.1 Å². The topological polar surface area (TPSA) is 38.1 Å². The molecule has 2 heterocycles. The molecule has 0 radical (unpaired) electrons. The van der Waals surface area contributed by atoms with Crippen molar-refractivity contribution >= 4 is 12.1 Å². The molecule has 0 amide bonds. The molecule has 0 N–H and O–H groups in total. The van der Waals surface area contributed by atoms with Gasteiger partial charge in [-0.1, -0.05) is 29.8 Å². The summed E-state index contributed by atoms with van der Waals surface area (Å²) < 4.78 is 40.1. The number of aromatic nitrogens is 2.